The summed E-state index contributed by atoms with van der Waals surface area (Å²) in [5.41, 5.74) is 1.05. The molecule has 74 valence electrons. The van der Waals surface area contributed by atoms with Gasteiger partial charge in [-0.15, -0.1) is 0 Å². The fourth-order valence-corrected chi connectivity index (χ4v) is 2.08. The Balaban J connectivity index is 2.46. The SMILES string of the molecule is CCOC(=O)NC1=C(I)CCCC1. The van der Waals surface area contributed by atoms with E-state index in [1.165, 1.54) is 10.0 Å². The van der Waals surface area contributed by atoms with E-state index in [0.717, 1.165) is 25.0 Å². The zero-order valence-corrected chi connectivity index (χ0v) is 9.89. The van der Waals surface area contributed by atoms with Crippen LogP contribution in [0.3, 0.4) is 0 Å². The summed E-state index contributed by atoms with van der Waals surface area (Å²) in [5, 5.41) is 2.78. The number of halogens is 1. The van der Waals surface area contributed by atoms with Gasteiger partial charge in [0.05, 0.1) is 6.61 Å². The van der Waals surface area contributed by atoms with Crippen LogP contribution in [0.4, 0.5) is 4.79 Å². The Morgan fingerprint density at radius 1 is 1.54 bits per heavy atom. The van der Waals surface area contributed by atoms with Gasteiger partial charge < -0.3 is 4.74 Å². The maximum absolute atomic E-state index is 11.1. The Morgan fingerprint density at radius 3 is 2.85 bits per heavy atom. The van der Waals surface area contributed by atoms with Crippen molar-refractivity contribution in [1.82, 2.24) is 5.32 Å². The van der Waals surface area contributed by atoms with Gasteiger partial charge in [0.2, 0.25) is 0 Å². The molecule has 0 aromatic heterocycles. The van der Waals surface area contributed by atoms with Crippen LogP contribution in [-0.2, 0) is 4.74 Å². The highest BCUT2D eigenvalue weighted by Gasteiger charge is 2.12. The zero-order valence-electron chi connectivity index (χ0n) is 7.73. The third kappa shape index (κ3) is 3.54. The molecule has 1 N–H and O–H groups in total. The number of ether oxygens (including phenoxy) is 1. The van der Waals surface area contributed by atoms with Crippen molar-refractivity contribution in [3.05, 3.63) is 9.28 Å². The van der Waals surface area contributed by atoms with Gasteiger partial charge in [-0.3, -0.25) is 5.32 Å². The molecule has 0 saturated heterocycles. The maximum atomic E-state index is 11.1. The van der Waals surface area contributed by atoms with Gasteiger partial charge >= 0.3 is 6.09 Å². The highest BCUT2D eigenvalue weighted by molar-refractivity contribution is 14.1. The molecule has 0 bridgehead atoms. The number of allylic oxidation sites excluding steroid dienone is 2. The molecule has 4 heteroatoms. The molecule has 0 unspecified atom stereocenters. The summed E-state index contributed by atoms with van der Waals surface area (Å²) in [4.78, 5) is 11.1. The summed E-state index contributed by atoms with van der Waals surface area (Å²) in [6.07, 6.45) is 4.12. The first-order valence-corrected chi connectivity index (χ1v) is 5.63. The van der Waals surface area contributed by atoms with E-state index in [-0.39, 0.29) is 6.09 Å². The lowest BCUT2D eigenvalue weighted by molar-refractivity contribution is 0.154. The maximum Gasteiger partial charge on any atom is 0.411 e. The quantitative estimate of drug-likeness (QED) is 0.795. The normalized spacial score (nSPS) is 17.1. The largest absolute Gasteiger partial charge is 0.450 e. The average molecular weight is 295 g/mol. The molecule has 0 radical (unpaired) electrons. The first-order valence-electron chi connectivity index (χ1n) is 4.55. The van der Waals surface area contributed by atoms with Gasteiger partial charge in [-0.2, -0.15) is 0 Å². The van der Waals surface area contributed by atoms with Gasteiger partial charge in [0.15, 0.2) is 0 Å². The summed E-state index contributed by atoms with van der Waals surface area (Å²) in [6, 6.07) is 0. The molecular formula is C9H14INO2. The first kappa shape index (κ1) is 10.8. The van der Waals surface area contributed by atoms with Crippen molar-refractivity contribution in [3.63, 3.8) is 0 Å². The van der Waals surface area contributed by atoms with Crippen LogP contribution in [0.15, 0.2) is 9.28 Å². The topological polar surface area (TPSA) is 38.3 Å². The number of rotatable bonds is 2. The number of alkyl carbamates (subject to hydrolysis) is 1. The molecule has 1 aliphatic carbocycles. The minimum absolute atomic E-state index is 0.325. The third-order valence-electron chi connectivity index (χ3n) is 1.93. The predicted molar refractivity (Wildman–Crippen MR) is 59.7 cm³/mol. The van der Waals surface area contributed by atoms with Gasteiger partial charge in [0.1, 0.15) is 0 Å². The second kappa shape index (κ2) is 5.47. The summed E-state index contributed by atoms with van der Waals surface area (Å²) in [6.45, 7) is 2.23. The highest BCUT2D eigenvalue weighted by Crippen LogP contribution is 2.27. The molecule has 1 rings (SSSR count). The van der Waals surface area contributed by atoms with Gasteiger partial charge in [0, 0.05) is 9.28 Å². The number of carbonyl (C=O) groups is 1. The Labute approximate surface area is 92.1 Å². The molecular weight excluding hydrogens is 281 g/mol. The second-order valence-corrected chi connectivity index (χ2v) is 4.24. The van der Waals surface area contributed by atoms with Gasteiger partial charge in [-0.1, -0.05) is 0 Å². The summed E-state index contributed by atoms with van der Waals surface area (Å²) >= 11 is 2.29. The van der Waals surface area contributed by atoms with Gasteiger partial charge in [-0.05, 0) is 55.2 Å². The van der Waals surface area contributed by atoms with Crippen LogP contribution in [0, 0.1) is 0 Å². The molecule has 0 aliphatic heterocycles. The Kier molecular flexibility index (Phi) is 4.55. The van der Waals surface area contributed by atoms with Crippen LogP contribution < -0.4 is 5.32 Å². The molecule has 0 saturated carbocycles. The van der Waals surface area contributed by atoms with Crippen molar-refractivity contribution in [2.75, 3.05) is 6.61 Å². The van der Waals surface area contributed by atoms with Crippen molar-refractivity contribution in [3.8, 4) is 0 Å². The Bertz CT molecular complexity index is 226. The summed E-state index contributed by atoms with van der Waals surface area (Å²) < 4.78 is 6.07. The predicted octanol–water partition coefficient (Wildman–Crippen LogP) is 2.95. The lowest BCUT2D eigenvalue weighted by Crippen LogP contribution is -2.25. The minimum atomic E-state index is -0.325. The van der Waals surface area contributed by atoms with Crippen molar-refractivity contribution in [2.45, 2.75) is 32.6 Å². The van der Waals surface area contributed by atoms with Crippen LogP contribution in [0.5, 0.6) is 0 Å². The fraction of sp³-hybridized carbons (Fsp3) is 0.667. The molecule has 1 amide bonds. The standard InChI is InChI=1S/C9H14INO2/c1-2-13-9(12)11-8-6-4-3-5-7(8)10/h2-6H2,1H3,(H,11,12). The molecule has 0 aromatic rings. The van der Waals surface area contributed by atoms with Crippen molar-refractivity contribution >= 4 is 28.7 Å². The molecule has 0 aromatic carbocycles. The monoisotopic (exact) mass is 295 g/mol. The molecule has 0 heterocycles. The van der Waals surface area contributed by atoms with E-state index in [0.29, 0.717) is 6.61 Å². The van der Waals surface area contributed by atoms with Crippen molar-refractivity contribution in [2.24, 2.45) is 0 Å². The van der Waals surface area contributed by atoms with E-state index in [2.05, 4.69) is 27.9 Å². The van der Waals surface area contributed by atoms with Crippen LogP contribution in [0.25, 0.3) is 0 Å². The Hall–Kier alpha value is -0.260. The van der Waals surface area contributed by atoms with E-state index >= 15 is 0 Å². The lowest BCUT2D eigenvalue weighted by Gasteiger charge is -2.16. The van der Waals surface area contributed by atoms with Crippen LogP contribution >= 0.6 is 22.6 Å². The number of amides is 1. The Morgan fingerprint density at radius 2 is 2.23 bits per heavy atom. The van der Waals surface area contributed by atoms with Crippen molar-refractivity contribution < 1.29 is 9.53 Å². The number of carbonyl (C=O) groups excluding carboxylic acids is 1. The van der Waals surface area contributed by atoms with E-state index in [9.17, 15) is 4.79 Å². The average Bonchev–Trinajstić information content (AvgIpc) is 2.09. The first-order chi connectivity index (χ1) is 6.24. The number of nitrogens with one attached hydrogen (secondary N) is 1. The van der Waals surface area contributed by atoms with E-state index < -0.39 is 0 Å². The summed E-state index contributed by atoms with van der Waals surface area (Å²) in [7, 11) is 0. The lowest BCUT2D eigenvalue weighted by atomic mass is 10.1. The molecule has 3 nitrogen and oxygen atoms in total. The fourth-order valence-electron chi connectivity index (χ4n) is 1.29. The van der Waals surface area contributed by atoms with E-state index in [1.54, 1.807) is 6.92 Å². The van der Waals surface area contributed by atoms with E-state index in [1.807, 2.05) is 0 Å². The van der Waals surface area contributed by atoms with Crippen LogP contribution in [0.1, 0.15) is 32.6 Å². The third-order valence-corrected chi connectivity index (χ3v) is 3.12. The zero-order chi connectivity index (χ0) is 9.68. The molecule has 0 atom stereocenters. The van der Waals surface area contributed by atoms with E-state index in [4.69, 9.17) is 4.74 Å². The summed E-state index contributed by atoms with van der Waals surface area (Å²) in [5.74, 6) is 0. The number of hydrogen-bond donors (Lipinski definition) is 1. The number of hydrogen-bond acceptors (Lipinski definition) is 2. The van der Waals surface area contributed by atoms with Gasteiger partial charge in [0.25, 0.3) is 0 Å². The molecule has 0 fully saturated rings. The molecule has 0 spiro atoms. The smallest absolute Gasteiger partial charge is 0.411 e. The van der Waals surface area contributed by atoms with Gasteiger partial charge in [-0.25, -0.2) is 4.79 Å². The molecule has 1 aliphatic rings. The van der Waals surface area contributed by atoms with Crippen LogP contribution in [0.2, 0.25) is 0 Å². The highest BCUT2D eigenvalue weighted by atomic mass is 127. The van der Waals surface area contributed by atoms with Crippen LogP contribution in [-0.4, -0.2) is 12.7 Å². The minimum Gasteiger partial charge on any atom is -0.450 e. The van der Waals surface area contributed by atoms with Crippen molar-refractivity contribution in [1.29, 1.82) is 0 Å². The molecule has 13 heavy (non-hydrogen) atoms. The second-order valence-electron chi connectivity index (χ2n) is 2.94.